The topological polar surface area (TPSA) is 24.7 Å². The molecule has 0 bridgehead atoms. The molecule has 0 atom stereocenters. The van der Waals surface area contributed by atoms with Crippen LogP contribution in [0.25, 0.3) is 0 Å². The van der Waals surface area contributed by atoms with Gasteiger partial charge in [0, 0.05) is 0 Å². The number of rotatable bonds is 0. The number of thioether (sulfide) groups is 2. The van der Waals surface area contributed by atoms with E-state index in [9.17, 15) is 0 Å². The lowest BCUT2D eigenvalue weighted by Crippen LogP contribution is -1.91. The fraction of sp³-hybridized carbons (Fsp3) is 0.333. The van der Waals surface area contributed by atoms with Crippen LogP contribution in [0.3, 0.4) is 0 Å². The van der Waals surface area contributed by atoms with Crippen molar-refractivity contribution in [3.05, 3.63) is 0 Å². The molecule has 0 aromatic heterocycles. The first-order valence-corrected chi connectivity index (χ1v) is 6.25. The van der Waals surface area contributed by atoms with E-state index in [1.54, 1.807) is 23.5 Å². The van der Waals surface area contributed by atoms with Crippen molar-refractivity contribution in [1.82, 2.24) is 0 Å². The second-order valence-corrected chi connectivity index (χ2v) is 5.44. The van der Waals surface area contributed by atoms with Crippen LogP contribution in [0.15, 0.2) is 8.80 Å². The maximum Gasteiger partial charge on any atom is 0.140 e. The molecule has 0 radical (unpaired) electrons. The minimum Gasteiger partial charge on any atom is -0.182 e. The van der Waals surface area contributed by atoms with Gasteiger partial charge in [-0.25, -0.2) is 0 Å². The van der Waals surface area contributed by atoms with E-state index in [-0.39, 0.29) is 0 Å². The second kappa shape index (κ2) is 2.34. The number of hydrogen-bond donors (Lipinski definition) is 0. The van der Waals surface area contributed by atoms with E-state index >= 15 is 0 Å². The first-order valence-electron chi connectivity index (χ1n) is 2.21. The van der Waals surface area contributed by atoms with Crippen LogP contribution in [0, 0.1) is 0 Å². The summed E-state index contributed by atoms with van der Waals surface area (Å²) in [5.74, 6) is 0. The molecule has 0 aromatic carbocycles. The summed E-state index contributed by atoms with van der Waals surface area (Å²) in [5, 5.41) is 3.20. The second-order valence-electron chi connectivity index (χ2n) is 1.43. The maximum atomic E-state index is 4.88. The summed E-state index contributed by atoms with van der Waals surface area (Å²) in [4.78, 5) is 0. The minimum absolute atomic E-state index is 0.464. The summed E-state index contributed by atoms with van der Waals surface area (Å²) >= 11 is 8.36. The van der Waals surface area contributed by atoms with Gasteiger partial charge in [-0.1, -0.05) is 23.5 Å². The SMILES string of the molecule is S=S1N=C2SCSC2=N1. The van der Waals surface area contributed by atoms with Crippen LogP contribution < -0.4 is 0 Å². The van der Waals surface area contributed by atoms with E-state index in [1.807, 2.05) is 0 Å². The smallest absolute Gasteiger partial charge is 0.140 e. The molecule has 0 spiro atoms. The van der Waals surface area contributed by atoms with Gasteiger partial charge in [-0.3, -0.25) is 0 Å². The first-order chi connectivity index (χ1) is 4.36. The maximum absolute atomic E-state index is 4.88. The molecule has 9 heavy (non-hydrogen) atoms. The van der Waals surface area contributed by atoms with Gasteiger partial charge in [0.05, 0.1) is 5.08 Å². The average Bonchev–Trinajstić information content (AvgIpc) is 2.22. The van der Waals surface area contributed by atoms with Gasteiger partial charge < -0.3 is 0 Å². The van der Waals surface area contributed by atoms with Gasteiger partial charge in [-0.2, -0.15) is 8.80 Å². The van der Waals surface area contributed by atoms with E-state index < -0.39 is 9.83 Å². The van der Waals surface area contributed by atoms with Crippen LogP contribution in [0.2, 0.25) is 0 Å². The van der Waals surface area contributed by atoms with Gasteiger partial charge in [-0.05, 0) is 11.2 Å². The van der Waals surface area contributed by atoms with Gasteiger partial charge in [0.2, 0.25) is 0 Å². The lowest BCUT2D eigenvalue weighted by Gasteiger charge is -1.79. The zero-order valence-electron chi connectivity index (χ0n) is 4.23. The standard InChI is InChI=1S/C3H2N2S4/c6-9-4-2-3(5-9)8-1-7-2/h1H2. The summed E-state index contributed by atoms with van der Waals surface area (Å²) in [6.07, 6.45) is 0. The Morgan fingerprint density at radius 1 is 1.33 bits per heavy atom. The summed E-state index contributed by atoms with van der Waals surface area (Å²) < 4.78 is 8.30. The third-order valence-corrected chi connectivity index (χ3v) is 4.44. The third kappa shape index (κ3) is 1.09. The molecular weight excluding hydrogens is 192 g/mol. The molecule has 2 aliphatic rings. The highest BCUT2D eigenvalue weighted by Gasteiger charge is 2.23. The predicted octanol–water partition coefficient (Wildman–Crippen LogP) is 1.14. The molecule has 0 aliphatic carbocycles. The summed E-state index contributed by atoms with van der Waals surface area (Å²) in [5.41, 5.74) is 0. The summed E-state index contributed by atoms with van der Waals surface area (Å²) in [6.45, 7) is 0. The van der Waals surface area contributed by atoms with Gasteiger partial charge in [0.15, 0.2) is 0 Å². The predicted molar refractivity (Wildman–Crippen MR) is 49.6 cm³/mol. The Kier molecular flexibility index (Phi) is 1.64. The van der Waals surface area contributed by atoms with Crippen LogP contribution in [-0.2, 0) is 21.0 Å². The van der Waals surface area contributed by atoms with Crippen molar-refractivity contribution in [3.63, 3.8) is 0 Å². The van der Waals surface area contributed by atoms with Crippen molar-refractivity contribution in [2.45, 2.75) is 0 Å². The molecule has 6 heteroatoms. The largest absolute Gasteiger partial charge is 0.182 e. The zero-order valence-corrected chi connectivity index (χ0v) is 7.50. The monoisotopic (exact) mass is 194 g/mol. The van der Waals surface area contributed by atoms with Gasteiger partial charge in [0.1, 0.15) is 19.9 Å². The fourth-order valence-electron chi connectivity index (χ4n) is 0.558. The summed E-state index contributed by atoms with van der Waals surface area (Å²) in [6, 6.07) is 0. The Morgan fingerprint density at radius 3 is 2.44 bits per heavy atom. The van der Waals surface area contributed by atoms with Crippen molar-refractivity contribution < 1.29 is 0 Å². The Labute approximate surface area is 68.5 Å². The van der Waals surface area contributed by atoms with Crippen molar-refractivity contribution in [2.24, 2.45) is 8.80 Å². The molecule has 0 saturated carbocycles. The molecule has 2 heterocycles. The zero-order chi connectivity index (χ0) is 6.27. The molecule has 0 amide bonds. The first kappa shape index (κ1) is 6.33. The van der Waals surface area contributed by atoms with E-state index in [0.717, 1.165) is 15.2 Å². The van der Waals surface area contributed by atoms with Crippen LogP contribution in [0.5, 0.6) is 0 Å². The highest BCUT2D eigenvalue weighted by atomic mass is 32.8. The third-order valence-electron chi connectivity index (χ3n) is 0.896. The fourth-order valence-corrected chi connectivity index (χ4v) is 4.57. The van der Waals surface area contributed by atoms with Crippen molar-refractivity contribution in [3.8, 4) is 0 Å². The average molecular weight is 194 g/mol. The summed E-state index contributed by atoms with van der Waals surface area (Å²) in [7, 11) is -0.464. The molecule has 48 valence electrons. The molecule has 1 fully saturated rings. The number of fused-ring (bicyclic) bond motifs is 1. The molecule has 2 nitrogen and oxygen atoms in total. The Balaban J connectivity index is 2.44. The molecule has 1 saturated heterocycles. The van der Waals surface area contributed by atoms with E-state index in [0.29, 0.717) is 0 Å². The van der Waals surface area contributed by atoms with Crippen LogP contribution in [0.1, 0.15) is 0 Å². The van der Waals surface area contributed by atoms with Crippen LogP contribution in [-0.4, -0.2) is 15.2 Å². The minimum atomic E-state index is -0.464. The number of hydrogen-bond acceptors (Lipinski definition) is 3. The highest BCUT2D eigenvalue weighted by molar-refractivity contribution is 8.41. The molecule has 0 unspecified atom stereocenters. The normalized spacial score (nSPS) is 25.8. The number of nitrogens with zero attached hydrogens (tertiary/aromatic N) is 2. The Bertz CT molecular complexity index is 208. The lowest BCUT2D eigenvalue weighted by atomic mass is 10.8. The Hall–Kier alpha value is 0.610. The lowest BCUT2D eigenvalue weighted by molar-refractivity contribution is 1.92. The quantitative estimate of drug-likeness (QED) is 0.578. The highest BCUT2D eigenvalue weighted by Crippen LogP contribution is 2.31. The van der Waals surface area contributed by atoms with Crippen molar-refractivity contribution in [1.29, 1.82) is 0 Å². The van der Waals surface area contributed by atoms with Gasteiger partial charge in [0.25, 0.3) is 0 Å². The molecule has 0 N–H and O–H groups in total. The van der Waals surface area contributed by atoms with E-state index in [1.165, 1.54) is 0 Å². The molecule has 0 aromatic rings. The molecule has 2 aliphatic heterocycles. The molecule has 2 rings (SSSR count). The van der Waals surface area contributed by atoms with E-state index in [4.69, 9.17) is 11.2 Å². The van der Waals surface area contributed by atoms with Crippen molar-refractivity contribution >= 4 is 54.6 Å². The van der Waals surface area contributed by atoms with E-state index in [2.05, 4.69) is 8.80 Å². The van der Waals surface area contributed by atoms with Crippen molar-refractivity contribution in [2.75, 3.05) is 5.08 Å². The van der Waals surface area contributed by atoms with Gasteiger partial charge in [-0.15, -0.1) is 0 Å². The van der Waals surface area contributed by atoms with Crippen LogP contribution in [0.4, 0.5) is 0 Å². The Morgan fingerprint density at radius 2 is 1.89 bits per heavy atom. The van der Waals surface area contributed by atoms with Gasteiger partial charge >= 0.3 is 0 Å². The van der Waals surface area contributed by atoms with Crippen LogP contribution >= 0.6 is 23.5 Å². The molecular formula is C3H2N2S4.